The molecule has 4 aromatic rings. The maximum absolute atomic E-state index is 12.9. The quantitative estimate of drug-likeness (QED) is 0.191. The largest absolute Gasteiger partial charge is 0.573 e. The number of aryl methyl sites for hydroxylation is 2. The summed E-state index contributed by atoms with van der Waals surface area (Å²) >= 11 is 6.96. The van der Waals surface area contributed by atoms with Gasteiger partial charge in [0.1, 0.15) is 12.1 Å². The van der Waals surface area contributed by atoms with E-state index in [9.17, 15) is 18.0 Å². The molecule has 5 rings (SSSR count). The van der Waals surface area contributed by atoms with Crippen LogP contribution in [-0.4, -0.2) is 49.6 Å². The number of hydrogen-bond donors (Lipinski definition) is 1. The maximum atomic E-state index is 12.9. The third-order valence-electron chi connectivity index (χ3n) is 7.35. The van der Waals surface area contributed by atoms with Crippen molar-refractivity contribution >= 4 is 45.9 Å². The molecule has 8 nitrogen and oxygen atoms in total. The summed E-state index contributed by atoms with van der Waals surface area (Å²) in [7, 11) is 0. The van der Waals surface area contributed by atoms with Crippen LogP contribution in [0, 0.1) is 6.92 Å². The first-order valence-corrected chi connectivity index (χ1v) is 15.7. The molecule has 1 fully saturated rings. The Morgan fingerprint density at radius 3 is 2.51 bits per heavy atom. The lowest BCUT2D eigenvalue weighted by Gasteiger charge is -2.22. The summed E-state index contributed by atoms with van der Waals surface area (Å²) in [5, 5.41) is 8.65. The molecule has 234 valence electrons. The van der Waals surface area contributed by atoms with E-state index >= 15 is 0 Å². The lowest BCUT2D eigenvalue weighted by atomic mass is 9.95. The number of amidine groups is 1. The number of ether oxygens (including phenoxy) is 1. The Kier molecular flexibility index (Phi) is 9.88. The average Bonchev–Trinajstić information content (AvgIpc) is 3.64. The Bertz CT molecular complexity index is 1710. The van der Waals surface area contributed by atoms with Crippen molar-refractivity contribution in [2.75, 3.05) is 17.2 Å². The van der Waals surface area contributed by atoms with Crippen LogP contribution in [0.25, 0.3) is 17.1 Å². The minimum Gasteiger partial charge on any atom is -0.406 e. The number of alkyl halides is 3. The second kappa shape index (κ2) is 13.8. The summed E-state index contributed by atoms with van der Waals surface area (Å²) in [5.74, 6) is 0.632. The molecule has 0 radical (unpaired) electrons. The number of halogens is 3. The summed E-state index contributed by atoms with van der Waals surface area (Å²) in [4.78, 5) is 23.5. The van der Waals surface area contributed by atoms with E-state index < -0.39 is 6.36 Å². The third kappa shape index (κ3) is 7.71. The molecule has 13 heteroatoms. The van der Waals surface area contributed by atoms with Crippen LogP contribution in [0.15, 0.2) is 78.0 Å². The molecule has 0 aliphatic carbocycles. The van der Waals surface area contributed by atoms with Crippen molar-refractivity contribution in [3.8, 4) is 22.8 Å². The van der Waals surface area contributed by atoms with Crippen molar-refractivity contribution in [1.29, 1.82) is 0 Å². The molecule has 1 saturated heterocycles. The summed E-state index contributed by atoms with van der Waals surface area (Å²) in [6.07, 6.45) is -1.59. The smallest absolute Gasteiger partial charge is 0.406 e. The molecule has 2 heterocycles. The zero-order valence-corrected chi connectivity index (χ0v) is 26.5. The van der Waals surface area contributed by atoms with E-state index in [1.165, 1.54) is 47.0 Å². The van der Waals surface area contributed by atoms with Gasteiger partial charge in [0.2, 0.25) is 5.91 Å². The Morgan fingerprint density at radius 1 is 1.11 bits per heavy atom. The summed E-state index contributed by atoms with van der Waals surface area (Å²) in [6, 6.07) is 19.3. The number of hydrogen-bond acceptors (Lipinski definition) is 6. The van der Waals surface area contributed by atoms with Gasteiger partial charge in [0, 0.05) is 18.0 Å². The number of nitrogens with one attached hydrogen (secondary N) is 1. The first kappa shape index (κ1) is 32.2. The number of aromatic nitrogens is 3. The molecule has 1 aromatic heterocycles. The minimum atomic E-state index is -4.75. The number of carbonyl (C=O) groups is 1. The molecular formula is C32H31F3N6O2S2. The normalized spacial score (nSPS) is 15.0. The first-order valence-electron chi connectivity index (χ1n) is 14.3. The number of benzene rings is 3. The van der Waals surface area contributed by atoms with Gasteiger partial charge in [0.05, 0.1) is 17.1 Å². The van der Waals surface area contributed by atoms with E-state index in [-0.39, 0.29) is 17.6 Å². The molecule has 3 aromatic carbocycles. The number of anilines is 1. The van der Waals surface area contributed by atoms with Crippen LogP contribution in [-0.2, 0) is 11.2 Å². The molecule has 1 aliphatic heterocycles. The molecule has 1 unspecified atom stereocenters. The van der Waals surface area contributed by atoms with Gasteiger partial charge in [0.25, 0.3) is 0 Å². The fourth-order valence-electron chi connectivity index (χ4n) is 5.05. The first-order chi connectivity index (χ1) is 21.6. The molecular weight excluding hydrogens is 622 g/mol. The second-order valence-corrected chi connectivity index (χ2v) is 11.6. The Balaban J connectivity index is 1.23. The van der Waals surface area contributed by atoms with Gasteiger partial charge >= 0.3 is 6.36 Å². The van der Waals surface area contributed by atoms with E-state index in [1.807, 2.05) is 49.4 Å². The zero-order valence-electron chi connectivity index (χ0n) is 24.8. The van der Waals surface area contributed by atoms with Gasteiger partial charge < -0.3 is 10.1 Å². The predicted molar refractivity (Wildman–Crippen MR) is 175 cm³/mol. The van der Waals surface area contributed by atoms with Gasteiger partial charge in [0.15, 0.2) is 16.1 Å². The van der Waals surface area contributed by atoms with E-state index in [0.717, 1.165) is 40.8 Å². The number of nitrogens with zero attached hydrogens (tertiary/aromatic N) is 5. The van der Waals surface area contributed by atoms with Crippen LogP contribution < -0.4 is 15.0 Å². The van der Waals surface area contributed by atoms with Crippen molar-refractivity contribution in [1.82, 2.24) is 20.1 Å². The lowest BCUT2D eigenvalue weighted by molar-refractivity contribution is -0.274. The summed E-state index contributed by atoms with van der Waals surface area (Å²) in [6.45, 7) is 6.73. The van der Waals surface area contributed by atoms with Crippen LogP contribution in [0.1, 0.15) is 42.9 Å². The van der Waals surface area contributed by atoms with Crippen LogP contribution >= 0.6 is 24.0 Å². The number of para-hydroxylation sites is 1. The monoisotopic (exact) mass is 652 g/mol. The SMILES string of the molecule is CCc1cccc(C)c1N1C(=O)CSC1=NC(=S)NCC(CC)c1ccc(-c2ncn(-c3ccc(OC(F)(F)F)cc3)n2)cc1. The molecule has 0 bridgehead atoms. The van der Waals surface area contributed by atoms with Gasteiger partial charge in [-0.2, -0.15) is 4.99 Å². The highest BCUT2D eigenvalue weighted by atomic mass is 32.2. The van der Waals surface area contributed by atoms with Crippen molar-refractivity contribution in [3.63, 3.8) is 0 Å². The van der Waals surface area contributed by atoms with Crippen LogP contribution in [0.4, 0.5) is 18.9 Å². The second-order valence-electron chi connectivity index (χ2n) is 10.3. The Labute approximate surface area is 268 Å². The van der Waals surface area contributed by atoms with Gasteiger partial charge in [-0.3, -0.25) is 9.69 Å². The van der Waals surface area contributed by atoms with E-state index in [1.54, 1.807) is 4.90 Å². The van der Waals surface area contributed by atoms with E-state index in [0.29, 0.717) is 34.1 Å². The summed E-state index contributed by atoms with van der Waals surface area (Å²) in [5.41, 5.74) is 5.43. The Hall–Kier alpha value is -4.23. The number of carbonyl (C=O) groups excluding carboxylic acids is 1. The van der Waals surface area contributed by atoms with Crippen molar-refractivity contribution < 1.29 is 22.7 Å². The van der Waals surface area contributed by atoms with Crippen molar-refractivity contribution in [3.05, 3.63) is 89.7 Å². The van der Waals surface area contributed by atoms with Crippen molar-refractivity contribution in [2.45, 2.75) is 45.9 Å². The van der Waals surface area contributed by atoms with Crippen LogP contribution in [0.2, 0.25) is 0 Å². The molecule has 1 atom stereocenters. The fraction of sp³-hybridized carbons (Fsp3) is 0.281. The number of aliphatic imine (C=N–C) groups is 1. The number of thioether (sulfide) groups is 1. The van der Waals surface area contributed by atoms with E-state index in [4.69, 9.17) is 12.2 Å². The number of thiocarbonyl (C=S) groups is 1. The van der Waals surface area contributed by atoms with Crippen LogP contribution in [0.5, 0.6) is 5.75 Å². The highest BCUT2D eigenvalue weighted by molar-refractivity contribution is 8.15. The average molecular weight is 653 g/mol. The molecule has 1 aliphatic rings. The van der Waals surface area contributed by atoms with Gasteiger partial charge in [-0.05, 0) is 72.9 Å². The fourth-order valence-corrected chi connectivity index (χ4v) is 6.14. The van der Waals surface area contributed by atoms with Gasteiger partial charge in [-0.1, -0.05) is 68.1 Å². The predicted octanol–water partition coefficient (Wildman–Crippen LogP) is 7.21. The highest BCUT2D eigenvalue weighted by Crippen LogP contribution is 2.33. The molecule has 45 heavy (non-hydrogen) atoms. The standard InChI is InChI=1S/C32H31F3N6O2S2/c1-4-21-8-6-7-20(3)28(21)41-27(42)18-45-31(41)38-30(44)36-17-22(5-2)23-9-11-24(12-10-23)29-37-19-40(39-29)25-13-15-26(16-14-25)43-32(33,34)35/h6-16,19,22H,4-5,17-18H2,1-3H3,(H,36,44). The molecule has 1 N–H and O–H groups in total. The van der Waals surface area contributed by atoms with Gasteiger partial charge in [-0.25, -0.2) is 9.67 Å². The topological polar surface area (TPSA) is 84.6 Å². The molecule has 0 saturated carbocycles. The summed E-state index contributed by atoms with van der Waals surface area (Å²) < 4.78 is 42.7. The highest BCUT2D eigenvalue weighted by Gasteiger charge is 2.33. The van der Waals surface area contributed by atoms with Crippen LogP contribution in [0.3, 0.4) is 0 Å². The Morgan fingerprint density at radius 2 is 1.84 bits per heavy atom. The minimum absolute atomic E-state index is 0.00941. The third-order valence-corrected chi connectivity index (χ3v) is 8.51. The van der Waals surface area contributed by atoms with E-state index in [2.05, 4.69) is 39.0 Å². The number of rotatable bonds is 9. The zero-order chi connectivity index (χ0) is 32.1. The maximum Gasteiger partial charge on any atom is 0.573 e. The van der Waals surface area contributed by atoms with Gasteiger partial charge in [-0.15, -0.1) is 18.3 Å². The lowest BCUT2D eigenvalue weighted by Crippen LogP contribution is -2.33. The number of amides is 1. The molecule has 0 spiro atoms. The molecule has 1 amide bonds. The van der Waals surface area contributed by atoms with Crippen molar-refractivity contribution in [2.24, 2.45) is 4.99 Å².